The number of hydrogen-bond acceptors (Lipinski definition) is 11. The first-order valence-electron chi connectivity index (χ1n) is 22.6. The second-order valence-corrected chi connectivity index (χ2v) is 19.0. The molecule has 2 rings (SSSR count). The summed E-state index contributed by atoms with van der Waals surface area (Å²) in [5.74, 6) is -6.72. The maximum Gasteiger partial charge on any atom is 0.271 e. The number of carbonyl (C=O) groups excluding carboxylic acids is 9. The Bertz CT molecular complexity index is 1990. The van der Waals surface area contributed by atoms with Gasteiger partial charge in [-0.3, -0.25) is 43.2 Å². The molecule has 0 aliphatic carbocycles. The summed E-state index contributed by atoms with van der Waals surface area (Å²) in [5.41, 5.74) is -0.668. The van der Waals surface area contributed by atoms with Crippen LogP contribution in [0.5, 0.6) is 0 Å². The van der Waals surface area contributed by atoms with Gasteiger partial charge in [-0.15, -0.1) is 0 Å². The quantitative estimate of drug-likeness (QED) is 0.294. The van der Waals surface area contributed by atoms with Crippen molar-refractivity contribution in [1.29, 1.82) is 0 Å². The molecule has 0 unspecified atom stereocenters. The van der Waals surface area contributed by atoms with Gasteiger partial charge in [-0.2, -0.15) is 0 Å². The summed E-state index contributed by atoms with van der Waals surface area (Å²) in [6.45, 7) is 17.2. The van der Waals surface area contributed by atoms with Gasteiger partial charge in [-0.25, -0.2) is 4.99 Å². The zero-order chi connectivity index (χ0) is 51.4. The summed E-state index contributed by atoms with van der Waals surface area (Å²) < 4.78 is 5.91. The van der Waals surface area contributed by atoms with Crippen LogP contribution in [0.2, 0.25) is 0 Å². The van der Waals surface area contributed by atoms with Crippen molar-refractivity contribution >= 4 is 58.9 Å². The van der Waals surface area contributed by atoms with Crippen molar-refractivity contribution in [2.24, 2.45) is 10.9 Å². The lowest BCUT2D eigenvalue weighted by molar-refractivity contribution is -0.151. The van der Waals surface area contributed by atoms with E-state index in [2.05, 4.69) is 20.9 Å². The van der Waals surface area contributed by atoms with Crippen LogP contribution < -0.4 is 16.0 Å². The predicted molar refractivity (Wildman–Crippen MR) is 251 cm³/mol. The number of nitrogens with one attached hydrogen (secondary N) is 3. The minimum atomic E-state index is -1.61. The third-order valence-corrected chi connectivity index (χ3v) is 11.8. The highest BCUT2D eigenvalue weighted by Gasteiger charge is 2.39. The monoisotopic (exact) mass is 942 g/mol. The average Bonchev–Trinajstić information content (AvgIpc) is 3.26. The molecule has 0 radical (unpaired) electrons. The van der Waals surface area contributed by atoms with Crippen molar-refractivity contribution in [1.82, 2.24) is 40.4 Å². The van der Waals surface area contributed by atoms with Crippen LogP contribution in [-0.2, 0) is 54.3 Å². The summed E-state index contributed by atoms with van der Waals surface area (Å²) in [6, 6.07) is -0.501. The molecule has 1 aromatic carbocycles. The van der Waals surface area contributed by atoms with E-state index in [1.54, 1.807) is 58.0 Å². The van der Waals surface area contributed by atoms with Crippen molar-refractivity contribution < 1.29 is 53.0 Å². The van der Waals surface area contributed by atoms with E-state index < -0.39 is 119 Å². The lowest BCUT2D eigenvalue weighted by atomic mass is 10.0. The predicted octanol–water partition coefficient (Wildman–Crippen LogP) is 0.531. The lowest BCUT2D eigenvalue weighted by Gasteiger charge is -2.36. The molecule has 0 aromatic heterocycles. The van der Waals surface area contributed by atoms with Crippen LogP contribution in [0, 0.1) is 5.92 Å². The first-order chi connectivity index (χ1) is 30.9. The number of likely N-dealkylation sites (N-methyl/N-ethyl adjacent to an activating group) is 5. The lowest BCUT2D eigenvalue weighted by Crippen LogP contribution is -2.59. The van der Waals surface area contributed by atoms with Gasteiger partial charge in [-0.05, 0) is 80.2 Å². The molecule has 1 aliphatic rings. The Morgan fingerprint density at radius 1 is 0.672 bits per heavy atom. The smallest absolute Gasteiger partial charge is 0.271 e. The third-order valence-electron chi connectivity index (χ3n) is 11.8. The van der Waals surface area contributed by atoms with E-state index >= 15 is 0 Å². The molecule has 374 valence electrons. The first-order valence-corrected chi connectivity index (χ1v) is 22.6. The van der Waals surface area contributed by atoms with E-state index in [9.17, 15) is 48.3 Å². The number of ether oxygens (including phenoxy) is 1. The van der Waals surface area contributed by atoms with Crippen LogP contribution >= 0.6 is 0 Å². The molecule has 1 aromatic rings. The zero-order valence-corrected chi connectivity index (χ0v) is 42.2. The molecular weight excluding hydrogens is 867 g/mol. The van der Waals surface area contributed by atoms with E-state index in [1.165, 1.54) is 74.8 Å². The molecule has 0 saturated carbocycles. The Hall–Kier alpha value is -5.76. The highest BCUT2D eigenvalue weighted by molar-refractivity contribution is 6.42. The summed E-state index contributed by atoms with van der Waals surface area (Å²) in [6.07, 6.45) is -1.74. The molecule has 67 heavy (non-hydrogen) atoms. The standard InChI is InChI=1S/C47H75N9O11/c1-26(2)22-35-41(61)50-34(25-67-47(9,10)11)40(60)48-27(3)23-37(58)49-28(4)42(62)53(13)30(6)44(64)56(16)36(24-33-20-18-17-19-21-33)45(65)52(12)29(5)39(59)51-38(32(8)57)46(66)54(14)31(7)43(63)55(35)15/h17-21,26-32,34-36,57H,22-25H2,1-16H3,(H,48,60)(H,49,58)(H,50,61)/t27-,28+,29-,30-,31-,32+,34-,35-,36-/m0/s1. The minimum Gasteiger partial charge on any atom is -0.387 e. The highest BCUT2D eigenvalue weighted by atomic mass is 16.5. The summed E-state index contributed by atoms with van der Waals surface area (Å²) in [5, 5.41) is 18.8. The van der Waals surface area contributed by atoms with Crippen LogP contribution in [0.25, 0.3) is 0 Å². The van der Waals surface area contributed by atoms with Crippen molar-refractivity contribution in [2.75, 3.05) is 41.8 Å². The Morgan fingerprint density at radius 3 is 1.72 bits per heavy atom. The van der Waals surface area contributed by atoms with E-state index in [4.69, 9.17) is 4.74 Å². The second kappa shape index (κ2) is 24.8. The van der Waals surface area contributed by atoms with Gasteiger partial charge >= 0.3 is 0 Å². The molecule has 4 N–H and O–H groups in total. The molecule has 20 nitrogen and oxygen atoms in total. The largest absolute Gasteiger partial charge is 0.387 e. The van der Waals surface area contributed by atoms with Gasteiger partial charge in [0.1, 0.15) is 48.0 Å². The van der Waals surface area contributed by atoms with Crippen molar-refractivity contribution in [3.63, 3.8) is 0 Å². The number of aliphatic imine (C=N–C) groups is 1. The summed E-state index contributed by atoms with van der Waals surface area (Å²) in [7, 11) is 6.77. The SMILES string of the molecule is CC(C)C[C@H]1C(=O)N[C@@H](COC(C)(C)C)C(=O)N[C@@H](C)CC(=O)N[C@H](C)C(=O)N(C)[C@@H](C)C(=O)N(C)[C@@H](Cc2ccccc2)C(=O)N(C)[C@@H](C)C(=O)N=C([C@@H](C)O)C(=O)N(C)[C@@H](C)C(=O)N1C. The Balaban J connectivity index is 2.75. The number of amides is 9. The molecule has 0 saturated heterocycles. The van der Waals surface area contributed by atoms with Gasteiger partial charge in [0.2, 0.25) is 41.4 Å². The van der Waals surface area contributed by atoms with E-state index in [0.717, 1.165) is 19.6 Å². The van der Waals surface area contributed by atoms with Crippen molar-refractivity contribution in [3.8, 4) is 0 Å². The average molecular weight is 942 g/mol. The fourth-order valence-electron chi connectivity index (χ4n) is 7.14. The third kappa shape index (κ3) is 16.2. The van der Waals surface area contributed by atoms with Crippen LogP contribution in [0.15, 0.2) is 35.3 Å². The molecule has 0 bridgehead atoms. The number of benzene rings is 1. The fourth-order valence-corrected chi connectivity index (χ4v) is 7.14. The molecule has 0 fully saturated rings. The maximum absolute atomic E-state index is 14.4. The molecule has 9 atom stereocenters. The summed E-state index contributed by atoms with van der Waals surface area (Å²) >= 11 is 0. The molecular formula is C47H75N9O11. The van der Waals surface area contributed by atoms with E-state index in [0.29, 0.717) is 5.56 Å². The number of aliphatic hydroxyl groups excluding tert-OH is 1. The first kappa shape index (κ1) is 57.4. The minimum absolute atomic E-state index is 0.00854. The van der Waals surface area contributed by atoms with Crippen molar-refractivity contribution in [3.05, 3.63) is 35.9 Å². The Labute approximate surface area is 395 Å². The van der Waals surface area contributed by atoms with Crippen LogP contribution in [0.4, 0.5) is 0 Å². The van der Waals surface area contributed by atoms with Gasteiger partial charge in [0, 0.05) is 54.1 Å². The Morgan fingerprint density at radius 2 is 1.19 bits per heavy atom. The highest BCUT2D eigenvalue weighted by Crippen LogP contribution is 2.18. The summed E-state index contributed by atoms with van der Waals surface area (Å²) in [4.78, 5) is 135. The maximum atomic E-state index is 14.4. The number of nitrogens with zero attached hydrogens (tertiary/aromatic N) is 6. The molecule has 1 heterocycles. The van der Waals surface area contributed by atoms with Crippen molar-refractivity contribution in [2.45, 2.75) is 155 Å². The van der Waals surface area contributed by atoms with Gasteiger partial charge in [0.25, 0.3) is 11.8 Å². The number of rotatable bonds is 7. The second-order valence-electron chi connectivity index (χ2n) is 19.0. The van der Waals surface area contributed by atoms with E-state index in [1.807, 2.05) is 13.8 Å². The fraction of sp³-hybridized carbons (Fsp3) is 0.660. The van der Waals surface area contributed by atoms with Gasteiger partial charge in [-0.1, -0.05) is 44.2 Å². The Kier molecular flexibility index (Phi) is 21.3. The normalized spacial score (nSPS) is 26.8. The number of hydrogen-bond donors (Lipinski definition) is 4. The van der Waals surface area contributed by atoms with Crippen LogP contribution in [0.1, 0.15) is 94.6 Å². The van der Waals surface area contributed by atoms with Gasteiger partial charge in [0.05, 0.1) is 18.3 Å². The number of carbonyl (C=O) groups is 9. The number of aliphatic hydroxyl groups is 1. The molecule has 1 aliphatic heterocycles. The molecule has 0 spiro atoms. The zero-order valence-electron chi connectivity index (χ0n) is 42.2. The molecule has 20 heteroatoms. The van der Waals surface area contributed by atoms with E-state index in [-0.39, 0.29) is 31.8 Å². The van der Waals surface area contributed by atoms with Gasteiger partial charge in [0.15, 0.2) is 0 Å². The van der Waals surface area contributed by atoms with Gasteiger partial charge < -0.3 is 50.3 Å². The van der Waals surface area contributed by atoms with Crippen LogP contribution in [-0.4, -0.2) is 190 Å². The topological polar surface area (TPSA) is 248 Å². The van der Waals surface area contributed by atoms with Crippen LogP contribution in [0.3, 0.4) is 0 Å². The molecule has 9 amide bonds.